The number of unbranched alkanes of at least 4 members (excludes halogenated alkanes) is 7. The molecule has 1 amide bonds. The molecule has 1 rings (SSSR count). The number of benzene rings is 1. The van der Waals surface area contributed by atoms with Gasteiger partial charge in [0, 0.05) is 18.2 Å². The maximum Gasteiger partial charge on any atom is 0.289 e. The molecular formula is C17H25ClN2O3. The Morgan fingerprint density at radius 2 is 1.74 bits per heavy atom. The van der Waals surface area contributed by atoms with Crippen LogP contribution in [-0.2, 0) is 4.79 Å². The molecule has 1 N–H and O–H groups in total. The highest BCUT2D eigenvalue weighted by Gasteiger charge is 2.13. The first kappa shape index (κ1) is 19.4. The molecule has 1 aromatic carbocycles. The maximum absolute atomic E-state index is 11.8. The lowest BCUT2D eigenvalue weighted by Crippen LogP contribution is -2.11. The number of halogens is 1. The highest BCUT2D eigenvalue weighted by molar-refractivity contribution is 6.32. The number of anilines is 1. The Kier molecular flexibility index (Phi) is 9.29. The summed E-state index contributed by atoms with van der Waals surface area (Å²) in [6.07, 6.45) is 9.83. The molecule has 128 valence electrons. The van der Waals surface area contributed by atoms with Crippen LogP contribution in [0.1, 0.15) is 64.7 Å². The van der Waals surface area contributed by atoms with Crippen LogP contribution < -0.4 is 5.32 Å². The summed E-state index contributed by atoms with van der Waals surface area (Å²) in [7, 11) is 0. The van der Waals surface area contributed by atoms with E-state index in [0.717, 1.165) is 19.3 Å². The van der Waals surface area contributed by atoms with Crippen molar-refractivity contribution < 1.29 is 9.72 Å². The van der Waals surface area contributed by atoms with E-state index in [2.05, 4.69) is 12.2 Å². The molecule has 0 aliphatic rings. The van der Waals surface area contributed by atoms with Crippen molar-refractivity contribution in [2.24, 2.45) is 0 Å². The predicted molar refractivity (Wildman–Crippen MR) is 94.0 cm³/mol. The fourth-order valence-electron chi connectivity index (χ4n) is 2.37. The highest BCUT2D eigenvalue weighted by atomic mass is 35.5. The number of carbonyl (C=O) groups excluding carboxylic acids is 1. The minimum atomic E-state index is -0.559. The lowest BCUT2D eigenvalue weighted by atomic mass is 10.1. The molecule has 0 fully saturated rings. The van der Waals surface area contributed by atoms with Crippen LogP contribution in [-0.4, -0.2) is 10.8 Å². The van der Waals surface area contributed by atoms with Crippen molar-refractivity contribution in [2.75, 3.05) is 5.32 Å². The molecule has 0 atom stereocenters. The second-order valence-electron chi connectivity index (χ2n) is 5.70. The van der Waals surface area contributed by atoms with Gasteiger partial charge in [0.05, 0.1) is 4.92 Å². The van der Waals surface area contributed by atoms with Gasteiger partial charge in [-0.25, -0.2) is 0 Å². The predicted octanol–water partition coefficient (Wildman–Crippen LogP) is 5.72. The molecule has 0 spiro atoms. The van der Waals surface area contributed by atoms with Gasteiger partial charge in [-0.2, -0.15) is 0 Å². The number of nitrogens with zero attached hydrogens (tertiary/aromatic N) is 1. The van der Waals surface area contributed by atoms with Crippen LogP contribution in [0.4, 0.5) is 11.4 Å². The molecule has 0 aliphatic heterocycles. The maximum atomic E-state index is 11.8. The van der Waals surface area contributed by atoms with E-state index in [1.807, 2.05) is 0 Å². The molecule has 0 saturated heterocycles. The van der Waals surface area contributed by atoms with Crippen molar-refractivity contribution in [1.29, 1.82) is 0 Å². The Morgan fingerprint density at radius 1 is 1.13 bits per heavy atom. The van der Waals surface area contributed by atoms with Crippen LogP contribution in [0.5, 0.6) is 0 Å². The van der Waals surface area contributed by atoms with Crippen LogP contribution in [0.15, 0.2) is 18.2 Å². The molecule has 0 aliphatic carbocycles. The normalized spacial score (nSPS) is 10.5. The van der Waals surface area contributed by atoms with E-state index in [1.54, 1.807) is 6.07 Å². The SMILES string of the molecule is CCCCCCCCCCC(=O)Nc1ccc(Cl)c([N+](=O)[O-])c1. The van der Waals surface area contributed by atoms with Gasteiger partial charge in [-0.05, 0) is 18.6 Å². The zero-order valence-corrected chi connectivity index (χ0v) is 14.4. The monoisotopic (exact) mass is 340 g/mol. The Morgan fingerprint density at radius 3 is 2.35 bits per heavy atom. The second kappa shape index (κ2) is 11.0. The molecule has 0 saturated carbocycles. The van der Waals surface area contributed by atoms with Gasteiger partial charge in [0.25, 0.3) is 5.69 Å². The number of nitro groups is 1. The summed E-state index contributed by atoms with van der Waals surface area (Å²) < 4.78 is 0. The van der Waals surface area contributed by atoms with Crippen molar-refractivity contribution in [3.05, 3.63) is 33.3 Å². The van der Waals surface area contributed by atoms with Gasteiger partial charge >= 0.3 is 0 Å². The van der Waals surface area contributed by atoms with Gasteiger partial charge < -0.3 is 5.32 Å². The van der Waals surface area contributed by atoms with Gasteiger partial charge in [0.2, 0.25) is 5.91 Å². The van der Waals surface area contributed by atoms with Crippen molar-refractivity contribution in [3.8, 4) is 0 Å². The molecule has 0 heterocycles. The standard InChI is InChI=1S/C17H25ClN2O3/c1-2-3-4-5-6-7-8-9-10-17(21)19-14-11-12-15(18)16(13-14)20(22)23/h11-13H,2-10H2,1H3,(H,19,21). The average Bonchev–Trinajstić information content (AvgIpc) is 2.51. The summed E-state index contributed by atoms with van der Waals surface area (Å²) in [5.41, 5.74) is 0.210. The van der Waals surface area contributed by atoms with E-state index in [-0.39, 0.29) is 16.6 Å². The first-order valence-corrected chi connectivity index (χ1v) is 8.66. The highest BCUT2D eigenvalue weighted by Crippen LogP contribution is 2.27. The quantitative estimate of drug-likeness (QED) is 0.318. The van der Waals surface area contributed by atoms with Gasteiger partial charge in [-0.1, -0.05) is 63.5 Å². The first-order valence-electron chi connectivity index (χ1n) is 8.28. The van der Waals surface area contributed by atoms with Crippen molar-refractivity contribution in [2.45, 2.75) is 64.7 Å². The molecule has 0 bridgehead atoms. The molecule has 23 heavy (non-hydrogen) atoms. The number of carbonyl (C=O) groups is 1. The molecule has 5 nitrogen and oxygen atoms in total. The molecule has 0 radical (unpaired) electrons. The summed E-state index contributed by atoms with van der Waals surface area (Å²) in [5, 5.41) is 13.6. The lowest BCUT2D eigenvalue weighted by molar-refractivity contribution is -0.384. The van der Waals surface area contributed by atoms with Gasteiger partial charge in [-0.3, -0.25) is 14.9 Å². The van der Waals surface area contributed by atoms with Crippen molar-refractivity contribution in [1.82, 2.24) is 0 Å². The largest absolute Gasteiger partial charge is 0.326 e. The Balaban J connectivity index is 2.24. The third-order valence-corrected chi connectivity index (χ3v) is 4.00. The zero-order chi connectivity index (χ0) is 17.1. The molecule has 0 unspecified atom stereocenters. The summed E-state index contributed by atoms with van der Waals surface area (Å²) in [6, 6.07) is 4.28. The van der Waals surface area contributed by atoms with E-state index in [1.165, 1.54) is 44.2 Å². The number of hydrogen-bond donors (Lipinski definition) is 1. The average molecular weight is 341 g/mol. The molecular weight excluding hydrogens is 316 g/mol. The summed E-state index contributed by atoms with van der Waals surface area (Å²) >= 11 is 5.74. The number of nitro benzene ring substituents is 1. The number of rotatable bonds is 11. The molecule has 0 aromatic heterocycles. The minimum absolute atomic E-state index is 0.0658. The van der Waals surface area contributed by atoms with Gasteiger partial charge in [0.1, 0.15) is 5.02 Å². The summed E-state index contributed by atoms with van der Waals surface area (Å²) in [6.45, 7) is 2.20. The number of nitrogens with one attached hydrogen (secondary N) is 1. The van der Waals surface area contributed by atoms with Gasteiger partial charge in [-0.15, -0.1) is 0 Å². The Hall–Kier alpha value is -1.62. The van der Waals surface area contributed by atoms with Crippen LogP contribution in [0, 0.1) is 10.1 Å². The van der Waals surface area contributed by atoms with E-state index >= 15 is 0 Å². The van der Waals surface area contributed by atoms with Crippen molar-refractivity contribution in [3.63, 3.8) is 0 Å². The molecule has 6 heteroatoms. The smallest absolute Gasteiger partial charge is 0.289 e. The van der Waals surface area contributed by atoms with E-state index in [0.29, 0.717) is 12.1 Å². The fourth-order valence-corrected chi connectivity index (χ4v) is 2.56. The lowest BCUT2D eigenvalue weighted by Gasteiger charge is -2.06. The second-order valence-corrected chi connectivity index (χ2v) is 6.10. The third-order valence-electron chi connectivity index (χ3n) is 3.68. The van der Waals surface area contributed by atoms with Crippen molar-refractivity contribution >= 4 is 28.9 Å². The van der Waals surface area contributed by atoms with Crippen LogP contribution in [0.3, 0.4) is 0 Å². The first-order chi connectivity index (χ1) is 11.0. The Labute approximate surface area is 142 Å². The van der Waals surface area contributed by atoms with E-state index in [9.17, 15) is 14.9 Å². The van der Waals surface area contributed by atoms with Crippen LogP contribution in [0.25, 0.3) is 0 Å². The number of hydrogen-bond acceptors (Lipinski definition) is 3. The number of amides is 1. The zero-order valence-electron chi connectivity index (χ0n) is 13.6. The minimum Gasteiger partial charge on any atom is -0.326 e. The summed E-state index contributed by atoms with van der Waals surface area (Å²) in [5.74, 6) is -0.118. The van der Waals surface area contributed by atoms with Gasteiger partial charge in [0.15, 0.2) is 0 Å². The fraction of sp³-hybridized carbons (Fsp3) is 0.588. The molecule has 1 aromatic rings. The van der Waals surface area contributed by atoms with E-state index in [4.69, 9.17) is 11.6 Å². The van der Waals surface area contributed by atoms with Crippen LogP contribution in [0.2, 0.25) is 5.02 Å². The van der Waals surface area contributed by atoms with Crippen LogP contribution >= 0.6 is 11.6 Å². The Bertz CT molecular complexity index is 521. The summed E-state index contributed by atoms with van der Waals surface area (Å²) in [4.78, 5) is 22.1. The topological polar surface area (TPSA) is 72.2 Å². The van der Waals surface area contributed by atoms with E-state index < -0.39 is 4.92 Å². The third kappa shape index (κ3) is 7.98.